The minimum absolute atomic E-state index is 0.128. The van der Waals surface area contributed by atoms with E-state index in [4.69, 9.17) is 39.9 Å². The first kappa shape index (κ1) is 10.1. The molecule has 2 rings (SSSR count). The molecule has 1 heterocycles. The summed E-state index contributed by atoms with van der Waals surface area (Å²) in [5.41, 5.74) is 1.30. The standard InChI is InChI=1S/C9H6Cl3NO/c10-6-2-1-4-5(3-14)9(12)13-8(4)7(6)11/h1-2,13-14H,3H2. The van der Waals surface area contributed by atoms with Crippen LogP contribution >= 0.6 is 34.8 Å². The van der Waals surface area contributed by atoms with Crippen LogP contribution in [0.1, 0.15) is 5.56 Å². The topological polar surface area (TPSA) is 36.0 Å². The number of rotatable bonds is 1. The molecule has 0 spiro atoms. The van der Waals surface area contributed by atoms with Crippen molar-refractivity contribution >= 4 is 45.7 Å². The summed E-state index contributed by atoms with van der Waals surface area (Å²) in [5, 5.41) is 11.2. The summed E-state index contributed by atoms with van der Waals surface area (Å²) in [7, 11) is 0. The Morgan fingerprint density at radius 3 is 2.57 bits per heavy atom. The van der Waals surface area contributed by atoms with Crippen LogP contribution in [-0.4, -0.2) is 10.1 Å². The average molecular weight is 251 g/mol. The van der Waals surface area contributed by atoms with Crippen LogP contribution in [0.5, 0.6) is 0 Å². The number of hydrogen-bond donors (Lipinski definition) is 2. The summed E-state index contributed by atoms with van der Waals surface area (Å²) in [6.07, 6.45) is 0. The van der Waals surface area contributed by atoms with Gasteiger partial charge in [-0.15, -0.1) is 0 Å². The van der Waals surface area contributed by atoms with Crippen LogP contribution in [0.2, 0.25) is 15.2 Å². The van der Waals surface area contributed by atoms with E-state index >= 15 is 0 Å². The molecular weight excluding hydrogens is 244 g/mol. The van der Waals surface area contributed by atoms with Gasteiger partial charge in [-0.05, 0) is 6.07 Å². The molecule has 0 saturated heterocycles. The zero-order valence-corrected chi connectivity index (χ0v) is 9.21. The van der Waals surface area contributed by atoms with E-state index in [-0.39, 0.29) is 6.61 Å². The summed E-state index contributed by atoms with van der Waals surface area (Å²) in [5.74, 6) is 0. The van der Waals surface area contributed by atoms with Gasteiger partial charge < -0.3 is 10.1 Å². The number of fused-ring (bicyclic) bond motifs is 1. The highest BCUT2D eigenvalue weighted by atomic mass is 35.5. The van der Waals surface area contributed by atoms with Crippen LogP contribution in [0, 0.1) is 0 Å². The molecule has 0 unspecified atom stereocenters. The van der Waals surface area contributed by atoms with Crippen molar-refractivity contribution < 1.29 is 5.11 Å². The lowest BCUT2D eigenvalue weighted by Crippen LogP contribution is -1.80. The van der Waals surface area contributed by atoms with Gasteiger partial charge >= 0.3 is 0 Å². The van der Waals surface area contributed by atoms with Crippen LogP contribution in [0.25, 0.3) is 10.9 Å². The SMILES string of the molecule is OCc1c(Cl)[nH]c2c(Cl)c(Cl)ccc12. The lowest BCUT2D eigenvalue weighted by Gasteiger charge is -1.97. The van der Waals surface area contributed by atoms with Gasteiger partial charge in [0.15, 0.2) is 0 Å². The highest BCUT2D eigenvalue weighted by molar-refractivity contribution is 6.45. The van der Waals surface area contributed by atoms with Gasteiger partial charge in [-0.25, -0.2) is 0 Å². The molecule has 14 heavy (non-hydrogen) atoms. The molecule has 0 aliphatic rings. The highest BCUT2D eigenvalue weighted by Gasteiger charge is 2.12. The lowest BCUT2D eigenvalue weighted by atomic mass is 10.2. The summed E-state index contributed by atoms with van der Waals surface area (Å²) < 4.78 is 0. The molecule has 1 aromatic carbocycles. The van der Waals surface area contributed by atoms with Gasteiger partial charge in [0.2, 0.25) is 0 Å². The summed E-state index contributed by atoms with van der Waals surface area (Å²) in [6.45, 7) is -0.128. The molecule has 0 aliphatic heterocycles. The maximum atomic E-state index is 9.09. The fraction of sp³-hybridized carbons (Fsp3) is 0.111. The Kier molecular flexibility index (Phi) is 2.62. The zero-order chi connectivity index (χ0) is 10.3. The Morgan fingerprint density at radius 2 is 1.93 bits per heavy atom. The van der Waals surface area contributed by atoms with Gasteiger partial charge in [-0.3, -0.25) is 0 Å². The smallest absolute Gasteiger partial charge is 0.112 e. The zero-order valence-electron chi connectivity index (χ0n) is 6.94. The molecule has 0 aliphatic carbocycles. The molecule has 0 amide bonds. The lowest BCUT2D eigenvalue weighted by molar-refractivity contribution is 0.283. The third-order valence-corrected chi connectivity index (χ3v) is 3.20. The van der Waals surface area contributed by atoms with E-state index in [1.807, 2.05) is 0 Å². The molecular formula is C9H6Cl3NO. The fourth-order valence-electron chi connectivity index (χ4n) is 1.38. The Morgan fingerprint density at radius 1 is 1.21 bits per heavy atom. The first-order valence-electron chi connectivity index (χ1n) is 3.90. The van der Waals surface area contributed by atoms with Gasteiger partial charge in [0.25, 0.3) is 0 Å². The first-order valence-corrected chi connectivity index (χ1v) is 5.03. The largest absolute Gasteiger partial charge is 0.392 e. The third-order valence-electron chi connectivity index (χ3n) is 2.08. The molecule has 2 N–H and O–H groups in total. The fourth-order valence-corrected chi connectivity index (χ4v) is 2.01. The van der Waals surface area contributed by atoms with Crippen LogP contribution in [0.3, 0.4) is 0 Å². The van der Waals surface area contributed by atoms with Gasteiger partial charge in [0.05, 0.1) is 22.2 Å². The normalized spacial score (nSPS) is 11.1. The molecule has 2 aromatic rings. The molecule has 1 aromatic heterocycles. The first-order chi connectivity index (χ1) is 6.65. The molecule has 5 heteroatoms. The molecule has 0 atom stereocenters. The summed E-state index contributed by atoms with van der Waals surface area (Å²) in [6, 6.07) is 3.45. The number of halogens is 3. The number of nitrogens with one attached hydrogen (secondary N) is 1. The van der Waals surface area contributed by atoms with E-state index in [0.29, 0.717) is 26.3 Å². The minimum atomic E-state index is -0.128. The highest BCUT2D eigenvalue weighted by Crippen LogP contribution is 2.34. The predicted molar refractivity (Wildman–Crippen MR) is 59.3 cm³/mol. The number of benzene rings is 1. The summed E-state index contributed by atoms with van der Waals surface area (Å²) in [4.78, 5) is 2.88. The van der Waals surface area contributed by atoms with Crippen molar-refractivity contribution in [3.8, 4) is 0 Å². The van der Waals surface area contributed by atoms with Gasteiger partial charge in [0.1, 0.15) is 5.15 Å². The number of aliphatic hydroxyl groups excluding tert-OH is 1. The summed E-state index contributed by atoms with van der Waals surface area (Å²) >= 11 is 17.7. The van der Waals surface area contributed by atoms with Crippen LogP contribution in [-0.2, 0) is 6.61 Å². The Hall–Kier alpha value is -0.410. The van der Waals surface area contributed by atoms with Crippen LogP contribution < -0.4 is 0 Å². The van der Waals surface area contributed by atoms with Crippen molar-refractivity contribution in [3.63, 3.8) is 0 Å². The molecule has 74 valence electrons. The van der Waals surface area contributed by atoms with Gasteiger partial charge in [0, 0.05) is 10.9 Å². The van der Waals surface area contributed by atoms with Gasteiger partial charge in [-0.2, -0.15) is 0 Å². The Balaban J connectivity index is 2.87. The number of hydrogen-bond acceptors (Lipinski definition) is 1. The van der Waals surface area contributed by atoms with Crippen molar-refractivity contribution in [3.05, 3.63) is 32.9 Å². The average Bonchev–Trinajstić information content (AvgIpc) is 2.49. The second-order valence-corrected chi connectivity index (χ2v) is 4.02. The van der Waals surface area contributed by atoms with Crippen molar-refractivity contribution in [2.24, 2.45) is 0 Å². The second kappa shape index (κ2) is 3.63. The van der Waals surface area contributed by atoms with E-state index in [0.717, 1.165) is 5.39 Å². The Labute approximate surface area is 95.4 Å². The van der Waals surface area contributed by atoms with E-state index in [9.17, 15) is 0 Å². The number of H-pyrrole nitrogens is 1. The van der Waals surface area contributed by atoms with E-state index in [2.05, 4.69) is 4.98 Å². The minimum Gasteiger partial charge on any atom is -0.392 e. The molecule has 0 radical (unpaired) electrons. The molecule has 0 saturated carbocycles. The van der Waals surface area contributed by atoms with Crippen molar-refractivity contribution in [2.75, 3.05) is 0 Å². The predicted octanol–water partition coefficient (Wildman–Crippen LogP) is 3.62. The number of aromatic amines is 1. The Bertz CT molecular complexity index is 492. The third kappa shape index (κ3) is 1.39. The van der Waals surface area contributed by atoms with E-state index in [1.54, 1.807) is 12.1 Å². The van der Waals surface area contributed by atoms with Crippen LogP contribution in [0.4, 0.5) is 0 Å². The van der Waals surface area contributed by atoms with E-state index in [1.165, 1.54) is 0 Å². The second-order valence-electron chi connectivity index (χ2n) is 2.86. The number of aliphatic hydroxyl groups is 1. The molecule has 0 bridgehead atoms. The van der Waals surface area contributed by atoms with E-state index < -0.39 is 0 Å². The maximum Gasteiger partial charge on any atom is 0.112 e. The van der Waals surface area contributed by atoms with Crippen molar-refractivity contribution in [1.82, 2.24) is 4.98 Å². The van der Waals surface area contributed by atoms with Crippen LogP contribution in [0.15, 0.2) is 12.1 Å². The molecule has 2 nitrogen and oxygen atoms in total. The van der Waals surface area contributed by atoms with Crippen molar-refractivity contribution in [1.29, 1.82) is 0 Å². The number of aromatic nitrogens is 1. The van der Waals surface area contributed by atoms with Gasteiger partial charge in [-0.1, -0.05) is 40.9 Å². The monoisotopic (exact) mass is 249 g/mol. The van der Waals surface area contributed by atoms with Crippen molar-refractivity contribution in [2.45, 2.75) is 6.61 Å². The molecule has 0 fully saturated rings. The maximum absolute atomic E-state index is 9.09. The quantitative estimate of drug-likeness (QED) is 0.797.